The van der Waals surface area contributed by atoms with Gasteiger partial charge >= 0.3 is 0 Å². The molecule has 2 rings (SSSR count). The number of carbonyl (C=O) groups is 1. The third kappa shape index (κ3) is 3.35. The Morgan fingerprint density at radius 3 is 2.79 bits per heavy atom. The van der Waals surface area contributed by atoms with Gasteiger partial charge < -0.3 is 10.2 Å². The molecule has 104 valence electrons. The van der Waals surface area contributed by atoms with Crippen LogP contribution in [0.3, 0.4) is 0 Å². The Labute approximate surface area is 116 Å². The van der Waals surface area contributed by atoms with Crippen LogP contribution in [0.15, 0.2) is 24.3 Å². The standard InChI is InChI=1S/C16H24N2O/c1-4-13-7-5-6-8-14(13)18-12-16(2,3)11-17-10-9-15(18)19/h5-8,17H,4,9-12H2,1-3H3. The molecule has 1 aliphatic heterocycles. The van der Waals surface area contributed by atoms with Crippen LogP contribution in [0.5, 0.6) is 0 Å². The third-order valence-electron chi connectivity index (χ3n) is 3.67. The first kappa shape index (κ1) is 14.1. The summed E-state index contributed by atoms with van der Waals surface area (Å²) in [5, 5.41) is 3.36. The molecule has 0 radical (unpaired) electrons. The summed E-state index contributed by atoms with van der Waals surface area (Å²) in [7, 11) is 0. The van der Waals surface area contributed by atoms with Crippen LogP contribution in [-0.2, 0) is 11.2 Å². The smallest absolute Gasteiger partial charge is 0.228 e. The maximum Gasteiger partial charge on any atom is 0.228 e. The van der Waals surface area contributed by atoms with Crippen LogP contribution in [-0.4, -0.2) is 25.5 Å². The molecule has 0 atom stereocenters. The highest BCUT2D eigenvalue weighted by atomic mass is 16.2. The molecule has 0 unspecified atom stereocenters. The van der Waals surface area contributed by atoms with Crippen molar-refractivity contribution in [3.05, 3.63) is 29.8 Å². The van der Waals surface area contributed by atoms with Crippen LogP contribution in [0, 0.1) is 5.41 Å². The number of anilines is 1. The lowest BCUT2D eigenvalue weighted by Gasteiger charge is -2.36. The van der Waals surface area contributed by atoms with Gasteiger partial charge in [-0.2, -0.15) is 0 Å². The van der Waals surface area contributed by atoms with Gasteiger partial charge in [0.25, 0.3) is 0 Å². The molecular weight excluding hydrogens is 236 g/mol. The Balaban J connectivity index is 2.35. The molecule has 1 aliphatic rings. The van der Waals surface area contributed by atoms with Gasteiger partial charge in [-0.05, 0) is 23.5 Å². The number of benzene rings is 1. The summed E-state index contributed by atoms with van der Waals surface area (Å²) in [4.78, 5) is 14.4. The van der Waals surface area contributed by atoms with E-state index in [1.165, 1.54) is 5.56 Å². The fraction of sp³-hybridized carbons (Fsp3) is 0.562. The maximum absolute atomic E-state index is 12.4. The first-order valence-corrected chi connectivity index (χ1v) is 7.12. The Bertz CT molecular complexity index is 454. The lowest BCUT2D eigenvalue weighted by Crippen LogP contribution is -2.47. The van der Waals surface area contributed by atoms with E-state index in [9.17, 15) is 4.79 Å². The molecule has 0 aliphatic carbocycles. The number of rotatable bonds is 2. The minimum Gasteiger partial charge on any atom is -0.316 e. The largest absolute Gasteiger partial charge is 0.316 e. The maximum atomic E-state index is 12.4. The van der Waals surface area contributed by atoms with Crippen molar-refractivity contribution in [1.29, 1.82) is 0 Å². The molecule has 1 saturated heterocycles. The van der Waals surface area contributed by atoms with Crippen molar-refractivity contribution < 1.29 is 4.79 Å². The molecule has 3 nitrogen and oxygen atoms in total. The fourth-order valence-electron chi connectivity index (χ4n) is 2.62. The third-order valence-corrected chi connectivity index (χ3v) is 3.67. The van der Waals surface area contributed by atoms with E-state index in [0.717, 1.165) is 31.7 Å². The van der Waals surface area contributed by atoms with Crippen molar-refractivity contribution >= 4 is 11.6 Å². The van der Waals surface area contributed by atoms with Gasteiger partial charge in [-0.3, -0.25) is 4.79 Å². The summed E-state index contributed by atoms with van der Waals surface area (Å²) in [6, 6.07) is 8.25. The Kier molecular flexibility index (Phi) is 4.25. The van der Waals surface area contributed by atoms with E-state index in [2.05, 4.69) is 38.2 Å². The average molecular weight is 260 g/mol. The molecule has 3 heteroatoms. The van der Waals surface area contributed by atoms with E-state index < -0.39 is 0 Å². The molecule has 0 bridgehead atoms. The van der Waals surface area contributed by atoms with Crippen LogP contribution in [0.2, 0.25) is 0 Å². The van der Waals surface area contributed by atoms with Crippen molar-refractivity contribution in [3.8, 4) is 0 Å². The lowest BCUT2D eigenvalue weighted by atomic mass is 9.91. The number of carbonyl (C=O) groups excluding carboxylic acids is 1. The van der Waals surface area contributed by atoms with Crippen molar-refractivity contribution in [1.82, 2.24) is 5.32 Å². The molecular formula is C16H24N2O. The van der Waals surface area contributed by atoms with Crippen LogP contribution >= 0.6 is 0 Å². The van der Waals surface area contributed by atoms with Gasteiger partial charge in [-0.1, -0.05) is 39.0 Å². The molecule has 0 saturated carbocycles. The van der Waals surface area contributed by atoms with E-state index in [1.807, 2.05) is 17.0 Å². The summed E-state index contributed by atoms with van der Waals surface area (Å²) in [6.45, 7) is 9.05. The number of aryl methyl sites for hydroxylation is 1. The second kappa shape index (κ2) is 5.74. The molecule has 1 amide bonds. The summed E-state index contributed by atoms with van der Waals surface area (Å²) in [5.74, 6) is 0.223. The number of amides is 1. The van der Waals surface area contributed by atoms with Gasteiger partial charge in [-0.25, -0.2) is 0 Å². The lowest BCUT2D eigenvalue weighted by molar-refractivity contribution is -0.119. The molecule has 1 aromatic carbocycles. The van der Waals surface area contributed by atoms with E-state index in [0.29, 0.717) is 6.42 Å². The van der Waals surface area contributed by atoms with Crippen molar-refractivity contribution in [2.75, 3.05) is 24.5 Å². The van der Waals surface area contributed by atoms with E-state index in [4.69, 9.17) is 0 Å². The zero-order valence-electron chi connectivity index (χ0n) is 12.2. The zero-order valence-corrected chi connectivity index (χ0v) is 12.2. The van der Waals surface area contributed by atoms with Gasteiger partial charge in [0.15, 0.2) is 0 Å². The van der Waals surface area contributed by atoms with Gasteiger partial charge in [0.1, 0.15) is 0 Å². The summed E-state index contributed by atoms with van der Waals surface area (Å²) < 4.78 is 0. The van der Waals surface area contributed by atoms with Crippen LogP contribution < -0.4 is 10.2 Å². The zero-order chi connectivity index (χ0) is 13.9. The highest BCUT2D eigenvalue weighted by molar-refractivity contribution is 5.94. The monoisotopic (exact) mass is 260 g/mol. The predicted octanol–water partition coefficient (Wildman–Crippen LogP) is 2.60. The van der Waals surface area contributed by atoms with Gasteiger partial charge in [0.2, 0.25) is 5.91 Å². The molecule has 1 fully saturated rings. The van der Waals surface area contributed by atoms with Crippen molar-refractivity contribution in [3.63, 3.8) is 0 Å². The van der Waals surface area contributed by atoms with Gasteiger partial charge in [0, 0.05) is 31.7 Å². The number of hydrogen-bond acceptors (Lipinski definition) is 2. The predicted molar refractivity (Wildman–Crippen MR) is 79.4 cm³/mol. The minimum atomic E-state index is 0.0942. The highest BCUT2D eigenvalue weighted by Gasteiger charge is 2.28. The first-order valence-electron chi connectivity index (χ1n) is 7.12. The summed E-state index contributed by atoms with van der Waals surface area (Å²) >= 11 is 0. The average Bonchev–Trinajstić information content (AvgIpc) is 2.39. The highest BCUT2D eigenvalue weighted by Crippen LogP contribution is 2.27. The van der Waals surface area contributed by atoms with Crippen LogP contribution in [0.4, 0.5) is 5.69 Å². The SMILES string of the molecule is CCc1ccccc1N1CC(C)(C)CNCCC1=O. The molecule has 1 heterocycles. The quantitative estimate of drug-likeness (QED) is 0.886. The fourth-order valence-corrected chi connectivity index (χ4v) is 2.62. The molecule has 1 aromatic rings. The number of para-hydroxylation sites is 1. The molecule has 0 spiro atoms. The second-order valence-electron chi connectivity index (χ2n) is 6.05. The second-order valence-corrected chi connectivity index (χ2v) is 6.05. The van der Waals surface area contributed by atoms with E-state index in [1.54, 1.807) is 0 Å². The van der Waals surface area contributed by atoms with Crippen LogP contribution in [0.1, 0.15) is 32.8 Å². The Morgan fingerprint density at radius 1 is 1.32 bits per heavy atom. The molecule has 0 aromatic heterocycles. The van der Waals surface area contributed by atoms with Crippen LogP contribution in [0.25, 0.3) is 0 Å². The van der Waals surface area contributed by atoms with Crippen molar-refractivity contribution in [2.45, 2.75) is 33.6 Å². The number of nitrogens with one attached hydrogen (secondary N) is 1. The number of hydrogen-bond donors (Lipinski definition) is 1. The van der Waals surface area contributed by atoms with E-state index in [-0.39, 0.29) is 11.3 Å². The van der Waals surface area contributed by atoms with Gasteiger partial charge in [0.05, 0.1) is 0 Å². The summed E-state index contributed by atoms with van der Waals surface area (Å²) in [6.07, 6.45) is 1.53. The first-order chi connectivity index (χ1) is 9.03. The molecule has 19 heavy (non-hydrogen) atoms. The van der Waals surface area contributed by atoms with E-state index >= 15 is 0 Å². The van der Waals surface area contributed by atoms with Crippen molar-refractivity contribution in [2.24, 2.45) is 5.41 Å². The van der Waals surface area contributed by atoms with Gasteiger partial charge in [-0.15, -0.1) is 0 Å². The molecule has 1 N–H and O–H groups in total. The summed E-state index contributed by atoms with van der Waals surface area (Å²) in [5.41, 5.74) is 2.43. The number of nitrogens with zero attached hydrogens (tertiary/aromatic N) is 1. The normalized spacial score (nSPS) is 19.9. The minimum absolute atomic E-state index is 0.0942. The Morgan fingerprint density at radius 2 is 2.05 bits per heavy atom. The topological polar surface area (TPSA) is 32.3 Å². The Hall–Kier alpha value is -1.35.